The number of hydrogen-bond donors (Lipinski definition) is 1. The molecule has 0 aliphatic rings. The Labute approximate surface area is 169 Å². The van der Waals surface area contributed by atoms with Gasteiger partial charge in [-0.05, 0) is 49.4 Å². The Bertz CT molecular complexity index is 1130. The summed E-state index contributed by atoms with van der Waals surface area (Å²) in [5.41, 5.74) is 3.15. The van der Waals surface area contributed by atoms with E-state index in [-0.39, 0.29) is 5.78 Å². The van der Waals surface area contributed by atoms with Gasteiger partial charge in [0.1, 0.15) is 23.6 Å². The van der Waals surface area contributed by atoms with Gasteiger partial charge in [0, 0.05) is 22.9 Å². The SMILES string of the molecule is CC(=O)c1cccc(-c2cc(Nc3ccc(Oc4ccccc4)cc3)ncn2)c1. The Morgan fingerprint density at radius 1 is 0.828 bits per heavy atom. The van der Waals surface area contributed by atoms with E-state index in [0.29, 0.717) is 11.4 Å². The van der Waals surface area contributed by atoms with Gasteiger partial charge in [0.15, 0.2) is 5.78 Å². The number of ether oxygens (including phenoxy) is 1. The summed E-state index contributed by atoms with van der Waals surface area (Å²) < 4.78 is 5.81. The van der Waals surface area contributed by atoms with Crippen LogP contribution in [0.5, 0.6) is 11.5 Å². The van der Waals surface area contributed by atoms with E-state index in [4.69, 9.17) is 4.74 Å². The van der Waals surface area contributed by atoms with Crippen molar-refractivity contribution >= 4 is 17.3 Å². The molecule has 0 spiro atoms. The van der Waals surface area contributed by atoms with E-state index in [0.717, 1.165) is 28.4 Å². The molecule has 4 aromatic rings. The van der Waals surface area contributed by atoms with E-state index in [1.54, 1.807) is 13.0 Å². The third-order valence-corrected chi connectivity index (χ3v) is 4.34. The first-order chi connectivity index (χ1) is 14.2. The summed E-state index contributed by atoms with van der Waals surface area (Å²) in [4.78, 5) is 20.2. The smallest absolute Gasteiger partial charge is 0.159 e. The monoisotopic (exact) mass is 381 g/mol. The maximum absolute atomic E-state index is 11.6. The highest BCUT2D eigenvalue weighted by Gasteiger charge is 2.06. The lowest BCUT2D eigenvalue weighted by Gasteiger charge is -2.09. The Hall–Kier alpha value is -3.99. The van der Waals surface area contributed by atoms with Gasteiger partial charge in [0.2, 0.25) is 0 Å². The lowest BCUT2D eigenvalue weighted by atomic mass is 10.1. The van der Waals surface area contributed by atoms with Gasteiger partial charge in [-0.3, -0.25) is 4.79 Å². The molecule has 0 radical (unpaired) electrons. The van der Waals surface area contributed by atoms with Crippen LogP contribution in [0.2, 0.25) is 0 Å². The Kier molecular flexibility index (Phi) is 5.29. The molecule has 0 aliphatic heterocycles. The summed E-state index contributed by atoms with van der Waals surface area (Å²) in [6, 6.07) is 26.6. The van der Waals surface area contributed by atoms with Crippen LogP contribution < -0.4 is 10.1 Å². The molecule has 0 atom stereocenters. The average Bonchev–Trinajstić information content (AvgIpc) is 2.76. The number of carbonyl (C=O) groups excluding carboxylic acids is 1. The van der Waals surface area contributed by atoms with Crippen molar-refractivity contribution in [2.75, 3.05) is 5.32 Å². The Balaban J connectivity index is 1.49. The van der Waals surface area contributed by atoms with Crippen molar-refractivity contribution in [1.82, 2.24) is 9.97 Å². The summed E-state index contributed by atoms with van der Waals surface area (Å²) in [7, 11) is 0. The minimum absolute atomic E-state index is 0.0251. The van der Waals surface area contributed by atoms with E-state index in [1.807, 2.05) is 78.9 Å². The van der Waals surface area contributed by atoms with Crippen LogP contribution in [0.25, 0.3) is 11.3 Å². The fourth-order valence-electron chi connectivity index (χ4n) is 2.86. The number of nitrogens with zero attached hydrogens (tertiary/aromatic N) is 2. The van der Waals surface area contributed by atoms with Gasteiger partial charge < -0.3 is 10.1 Å². The first-order valence-electron chi connectivity index (χ1n) is 9.21. The Morgan fingerprint density at radius 3 is 2.34 bits per heavy atom. The van der Waals surface area contributed by atoms with Crippen molar-refractivity contribution in [2.24, 2.45) is 0 Å². The standard InChI is InChI=1S/C24H19N3O2/c1-17(28)18-6-5-7-19(14-18)23-15-24(26-16-25-23)27-20-10-12-22(13-11-20)29-21-8-3-2-4-9-21/h2-16H,1H3,(H,25,26,27). The zero-order chi connectivity index (χ0) is 20.1. The number of aromatic nitrogens is 2. The highest BCUT2D eigenvalue weighted by atomic mass is 16.5. The van der Waals surface area contributed by atoms with Gasteiger partial charge in [0.05, 0.1) is 5.69 Å². The molecule has 0 aliphatic carbocycles. The highest BCUT2D eigenvalue weighted by molar-refractivity contribution is 5.95. The van der Waals surface area contributed by atoms with Crippen molar-refractivity contribution in [3.05, 3.63) is 96.8 Å². The quantitative estimate of drug-likeness (QED) is 0.422. The van der Waals surface area contributed by atoms with Crippen LogP contribution in [0.1, 0.15) is 17.3 Å². The van der Waals surface area contributed by atoms with Crippen molar-refractivity contribution < 1.29 is 9.53 Å². The maximum atomic E-state index is 11.6. The molecule has 4 rings (SSSR count). The number of para-hydroxylation sites is 1. The largest absolute Gasteiger partial charge is 0.457 e. The number of hydrogen-bond acceptors (Lipinski definition) is 5. The molecule has 5 heteroatoms. The van der Waals surface area contributed by atoms with E-state index in [1.165, 1.54) is 6.33 Å². The van der Waals surface area contributed by atoms with Gasteiger partial charge in [0.25, 0.3) is 0 Å². The van der Waals surface area contributed by atoms with Crippen molar-refractivity contribution in [3.8, 4) is 22.8 Å². The van der Waals surface area contributed by atoms with Crippen molar-refractivity contribution in [3.63, 3.8) is 0 Å². The predicted octanol–water partition coefficient (Wildman–Crippen LogP) is 5.88. The Morgan fingerprint density at radius 2 is 1.59 bits per heavy atom. The molecular weight excluding hydrogens is 362 g/mol. The van der Waals surface area contributed by atoms with Gasteiger partial charge in [-0.15, -0.1) is 0 Å². The molecule has 0 saturated heterocycles. The predicted molar refractivity (Wildman–Crippen MR) is 114 cm³/mol. The molecule has 0 saturated carbocycles. The van der Waals surface area contributed by atoms with Gasteiger partial charge in [-0.1, -0.05) is 36.4 Å². The zero-order valence-electron chi connectivity index (χ0n) is 15.9. The van der Waals surface area contributed by atoms with Gasteiger partial charge in [-0.25, -0.2) is 9.97 Å². The third kappa shape index (κ3) is 4.65. The highest BCUT2D eigenvalue weighted by Crippen LogP contribution is 2.25. The third-order valence-electron chi connectivity index (χ3n) is 4.34. The van der Waals surface area contributed by atoms with Gasteiger partial charge in [-0.2, -0.15) is 0 Å². The summed E-state index contributed by atoms with van der Waals surface area (Å²) in [6.07, 6.45) is 1.50. The fraction of sp³-hybridized carbons (Fsp3) is 0.0417. The minimum atomic E-state index is 0.0251. The van der Waals surface area contributed by atoms with E-state index in [2.05, 4.69) is 15.3 Å². The van der Waals surface area contributed by atoms with E-state index < -0.39 is 0 Å². The van der Waals surface area contributed by atoms with Crippen LogP contribution in [-0.4, -0.2) is 15.8 Å². The second kappa shape index (κ2) is 8.35. The summed E-state index contributed by atoms with van der Waals surface area (Å²) in [5.74, 6) is 2.24. The number of nitrogens with one attached hydrogen (secondary N) is 1. The fourth-order valence-corrected chi connectivity index (χ4v) is 2.86. The number of benzene rings is 3. The molecule has 1 heterocycles. The van der Waals surface area contributed by atoms with Crippen molar-refractivity contribution in [1.29, 1.82) is 0 Å². The molecule has 142 valence electrons. The first-order valence-corrected chi connectivity index (χ1v) is 9.21. The second-order valence-corrected chi connectivity index (χ2v) is 6.49. The summed E-state index contributed by atoms with van der Waals surface area (Å²) in [6.45, 7) is 1.55. The number of carbonyl (C=O) groups is 1. The topological polar surface area (TPSA) is 64.1 Å². The average molecular weight is 381 g/mol. The van der Waals surface area contributed by atoms with Crippen LogP contribution >= 0.6 is 0 Å². The van der Waals surface area contributed by atoms with Crippen LogP contribution in [0.4, 0.5) is 11.5 Å². The molecule has 0 amide bonds. The maximum Gasteiger partial charge on any atom is 0.159 e. The van der Waals surface area contributed by atoms with E-state index in [9.17, 15) is 4.79 Å². The van der Waals surface area contributed by atoms with Crippen LogP contribution in [0, 0.1) is 0 Å². The van der Waals surface area contributed by atoms with Crippen LogP contribution in [-0.2, 0) is 0 Å². The number of anilines is 2. The molecule has 0 unspecified atom stereocenters. The van der Waals surface area contributed by atoms with Gasteiger partial charge >= 0.3 is 0 Å². The first kappa shape index (κ1) is 18.4. The lowest BCUT2D eigenvalue weighted by Crippen LogP contribution is -1.97. The second-order valence-electron chi connectivity index (χ2n) is 6.49. The number of rotatable bonds is 6. The van der Waals surface area contributed by atoms with Crippen LogP contribution in [0.3, 0.4) is 0 Å². The molecule has 0 fully saturated rings. The lowest BCUT2D eigenvalue weighted by molar-refractivity contribution is 0.101. The molecule has 5 nitrogen and oxygen atoms in total. The summed E-state index contributed by atoms with van der Waals surface area (Å²) in [5, 5.41) is 3.27. The molecule has 0 bridgehead atoms. The summed E-state index contributed by atoms with van der Waals surface area (Å²) >= 11 is 0. The molecular formula is C24H19N3O2. The molecule has 3 aromatic carbocycles. The molecule has 29 heavy (non-hydrogen) atoms. The number of Topliss-reactive ketones (excluding diaryl/α,β-unsaturated/α-hetero) is 1. The zero-order valence-corrected chi connectivity index (χ0v) is 15.9. The normalized spacial score (nSPS) is 10.4. The van der Waals surface area contributed by atoms with E-state index >= 15 is 0 Å². The number of ketones is 1. The molecule has 1 aromatic heterocycles. The molecule has 1 N–H and O–H groups in total. The van der Waals surface area contributed by atoms with Crippen molar-refractivity contribution in [2.45, 2.75) is 6.92 Å². The van der Waals surface area contributed by atoms with Crippen LogP contribution in [0.15, 0.2) is 91.3 Å². The minimum Gasteiger partial charge on any atom is -0.457 e.